The SMILES string of the molecule is CC(C)c1cc(-c2ccccc2)cc(C(C)C)c1-n1c(-c2cccc(Oc3ccc4c5ccccc5n5c(nc6c(CF)cc7ccccc7c65)c4c3)c2)nc2ccccc21. The fraction of sp³-hybridized carbons (Fsp3) is 0.127. The number of ether oxygens (including phenoxy) is 1. The van der Waals surface area contributed by atoms with Crippen LogP contribution in [0.4, 0.5) is 4.39 Å². The number of para-hydroxylation sites is 3. The Kier molecular flexibility index (Phi) is 8.71. The second-order valence-corrected chi connectivity index (χ2v) is 16.7. The van der Waals surface area contributed by atoms with Crippen LogP contribution >= 0.6 is 0 Å². The summed E-state index contributed by atoms with van der Waals surface area (Å²) in [6.45, 7) is 8.51. The Balaban J connectivity index is 1.07. The normalized spacial score (nSPS) is 12.0. The number of alkyl halides is 1. The van der Waals surface area contributed by atoms with Crippen LogP contribution in [-0.2, 0) is 6.67 Å². The average molecular weight is 795 g/mol. The highest BCUT2D eigenvalue weighted by Gasteiger charge is 2.24. The van der Waals surface area contributed by atoms with Crippen molar-refractivity contribution in [3.63, 3.8) is 0 Å². The van der Waals surface area contributed by atoms with Crippen molar-refractivity contribution in [3.05, 3.63) is 180 Å². The molecule has 6 heteroatoms. The number of aromatic nitrogens is 4. The first-order chi connectivity index (χ1) is 29.9. The van der Waals surface area contributed by atoms with Gasteiger partial charge in [0, 0.05) is 27.3 Å². The van der Waals surface area contributed by atoms with E-state index in [1.165, 1.54) is 27.9 Å². The molecular weight excluding hydrogens is 752 g/mol. The zero-order valence-electron chi connectivity index (χ0n) is 34.5. The molecule has 0 amide bonds. The highest BCUT2D eigenvalue weighted by Crippen LogP contribution is 2.42. The summed E-state index contributed by atoms with van der Waals surface area (Å²) in [6.07, 6.45) is 0. The van der Waals surface area contributed by atoms with Crippen LogP contribution in [0.5, 0.6) is 11.5 Å². The quantitative estimate of drug-likeness (QED) is 0.144. The van der Waals surface area contributed by atoms with Gasteiger partial charge in [-0.1, -0.05) is 125 Å². The number of benzene rings is 8. The molecule has 0 N–H and O–H groups in total. The predicted molar refractivity (Wildman–Crippen MR) is 250 cm³/mol. The summed E-state index contributed by atoms with van der Waals surface area (Å²) < 4.78 is 26.0. The summed E-state index contributed by atoms with van der Waals surface area (Å²) in [6, 6.07) is 56.7. The molecule has 61 heavy (non-hydrogen) atoms. The molecule has 0 unspecified atom stereocenters. The van der Waals surface area contributed by atoms with Gasteiger partial charge in [-0.05, 0) is 112 Å². The van der Waals surface area contributed by atoms with Gasteiger partial charge in [0.1, 0.15) is 29.6 Å². The number of pyridine rings is 1. The number of rotatable bonds is 8. The largest absolute Gasteiger partial charge is 0.457 e. The van der Waals surface area contributed by atoms with E-state index in [-0.39, 0.29) is 11.8 Å². The molecule has 0 aliphatic rings. The van der Waals surface area contributed by atoms with Crippen molar-refractivity contribution in [2.24, 2.45) is 0 Å². The van der Waals surface area contributed by atoms with Gasteiger partial charge in [0.05, 0.1) is 33.3 Å². The fourth-order valence-corrected chi connectivity index (χ4v) is 9.30. The molecule has 0 radical (unpaired) electrons. The zero-order valence-corrected chi connectivity index (χ0v) is 34.5. The minimum Gasteiger partial charge on any atom is -0.457 e. The van der Waals surface area contributed by atoms with E-state index in [1.807, 2.05) is 48.5 Å². The summed E-state index contributed by atoms with van der Waals surface area (Å²) in [5, 5.41) is 5.10. The third-order valence-corrected chi connectivity index (χ3v) is 12.2. The van der Waals surface area contributed by atoms with Gasteiger partial charge < -0.3 is 4.74 Å². The van der Waals surface area contributed by atoms with Crippen molar-refractivity contribution in [2.75, 3.05) is 0 Å². The van der Waals surface area contributed by atoms with E-state index in [4.69, 9.17) is 14.7 Å². The van der Waals surface area contributed by atoms with Crippen molar-refractivity contribution in [1.82, 2.24) is 18.9 Å². The van der Waals surface area contributed by atoms with Crippen molar-refractivity contribution in [2.45, 2.75) is 46.2 Å². The van der Waals surface area contributed by atoms with E-state index in [0.29, 0.717) is 22.6 Å². The van der Waals surface area contributed by atoms with Crippen molar-refractivity contribution in [3.8, 4) is 39.7 Å². The smallest absolute Gasteiger partial charge is 0.146 e. The third-order valence-electron chi connectivity index (χ3n) is 12.2. The van der Waals surface area contributed by atoms with Crippen LogP contribution in [0.3, 0.4) is 0 Å². The van der Waals surface area contributed by atoms with Crippen LogP contribution in [0.2, 0.25) is 0 Å². The fourth-order valence-electron chi connectivity index (χ4n) is 9.30. The van der Waals surface area contributed by atoms with Gasteiger partial charge in [-0.15, -0.1) is 0 Å². The van der Waals surface area contributed by atoms with Crippen LogP contribution in [0.25, 0.3) is 88.4 Å². The maximum Gasteiger partial charge on any atom is 0.146 e. The summed E-state index contributed by atoms with van der Waals surface area (Å²) >= 11 is 0. The Labute approximate surface area is 353 Å². The lowest BCUT2D eigenvalue weighted by molar-refractivity contribution is 0.483. The summed E-state index contributed by atoms with van der Waals surface area (Å²) in [5.74, 6) is 2.74. The van der Waals surface area contributed by atoms with E-state index in [2.05, 4.69) is 152 Å². The Morgan fingerprint density at radius 2 is 1.21 bits per heavy atom. The van der Waals surface area contributed by atoms with E-state index in [9.17, 15) is 4.39 Å². The first-order valence-electron chi connectivity index (χ1n) is 21.1. The van der Waals surface area contributed by atoms with E-state index >= 15 is 0 Å². The van der Waals surface area contributed by atoms with Gasteiger partial charge >= 0.3 is 0 Å². The van der Waals surface area contributed by atoms with Gasteiger partial charge in [-0.3, -0.25) is 8.97 Å². The highest BCUT2D eigenvalue weighted by atomic mass is 19.1. The molecule has 3 aromatic heterocycles. The monoisotopic (exact) mass is 794 g/mol. The molecule has 5 nitrogen and oxygen atoms in total. The minimum absolute atomic E-state index is 0.256. The van der Waals surface area contributed by atoms with Crippen LogP contribution in [-0.4, -0.2) is 18.9 Å². The number of fused-ring (bicyclic) bond motifs is 11. The average Bonchev–Trinajstić information content (AvgIpc) is 3.89. The van der Waals surface area contributed by atoms with Gasteiger partial charge in [-0.2, -0.15) is 0 Å². The van der Waals surface area contributed by atoms with Crippen molar-refractivity contribution < 1.29 is 9.13 Å². The lowest BCUT2D eigenvalue weighted by atomic mass is 9.88. The first-order valence-corrected chi connectivity index (χ1v) is 21.1. The Morgan fingerprint density at radius 1 is 0.541 bits per heavy atom. The topological polar surface area (TPSA) is 44.4 Å². The van der Waals surface area contributed by atoms with Crippen molar-refractivity contribution in [1.29, 1.82) is 0 Å². The second-order valence-electron chi connectivity index (χ2n) is 16.7. The molecule has 0 spiro atoms. The molecule has 296 valence electrons. The summed E-state index contributed by atoms with van der Waals surface area (Å²) in [5.41, 5.74) is 13.1. The number of hydrogen-bond donors (Lipinski definition) is 0. The maximum atomic E-state index is 14.7. The van der Waals surface area contributed by atoms with Gasteiger partial charge in [-0.25, -0.2) is 14.4 Å². The standard InChI is InChI=1S/C55H43FN4O/c1-33(2)45-29-38(35-15-6-5-7-16-35)30-46(34(3)4)52(45)60-50-24-13-11-22-48(50)57-54(60)37-18-14-19-40(28-37)61-41-25-26-43-44-21-10-12-23-49(44)59-53-42-20-9-8-17-36(42)27-39(32-56)51(53)58-55(59)47(43)31-41/h5-31,33-34H,32H2,1-4H3. The molecule has 11 rings (SSSR count). The molecule has 0 fully saturated rings. The first kappa shape index (κ1) is 36.7. The molecule has 0 atom stereocenters. The predicted octanol–water partition coefficient (Wildman–Crippen LogP) is 15.1. The second kappa shape index (κ2) is 14.5. The van der Waals surface area contributed by atoms with E-state index < -0.39 is 6.67 Å². The Bertz CT molecular complexity index is 3480. The van der Waals surface area contributed by atoms with Gasteiger partial charge in [0.25, 0.3) is 0 Å². The Morgan fingerprint density at radius 3 is 1.98 bits per heavy atom. The maximum absolute atomic E-state index is 14.7. The molecule has 0 bridgehead atoms. The van der Waals surface area contributed by atoms with E-state index in [0.717, 1.165) is 66.0 Å². The lowest BCUT2D eigenvalue weighted by Crippen LogP contribution is -2.09. The molecule has 0 saturated carbocycles. The number of hydrogen-bond acceptors (Lipinski definition) is 3. The summed E-state index contributed by atoms with van der Waals surface area (Å²) in [7, 11) is 0. The summed E-state index contributed by atoms with van der Waals surface area (Å²) in [4.78, 5) is 10.5. The highest BCUT2D eigenvalue weighted by molar-refractivity contribution is 6.17. The Hall–Kier alpha value is -7.31. The van der Waals surface area contributed by atoms with Gasteiger partial charge in [0.15, 0.2) is 0 Å². The van der Waals surface area contributed by atoms with Gasteiger partial charge in [0.2, 0.25) is 0 Å². The molecule has 0 aliphatic carbocycles. The molecule has 0 aliphatic heterocycles. The van der Waals surface area contributed by atoms with Crippen LogP contribution < -0.4 is 4.74 Å². The molecule has 0 saturated heterocycles. The van der Waals surface area contributed by atoms with Crippen LogP contribution in [0.1, 0.15) is 56.2 Å². The van der Waals surface area contributed by atoms with Crippen LogP contribution in [0, 0.1) is 0 Å². The van der Waals surface area contributed by atoms with E-state index in [1.54, 1.807) is 0 Å². The lowest BCUT2D eigenvalue weighted by Gasteiger charge is -2.24. The zero-order chi connectivity index (χ0) is 41.4. The number of imidazole rings is 2. The molecule has 3 heterocycles. The number of nitrogens with zero attached hydrogens (tertiary/aromatic N) is 4. The molecule has 8 aromatic carbocycles. The number of halogens is 1. The molecular formula is C55H43FN4O. The molecule has 11 aromatic rings. The third kappa shape index (κ3) is 5.96. The van der Waals surface area contributed by atoms with Crippen LogP contribution in [0.15, 0.2) is 164 Å². The van der Waals surface area contributed by atoms with Crippen molar-refractivity contribution >= 4 is 60.2 Å². The minimum atomic E-state index is -0.601.